The molecule has 3 atom stereocenters. The number of allylic oxidation sites excluding steroid dienone is 2. The van der Waals surface area contributed by atoms with Crippen LogP contribution in [0.25, 0.3) is 0 Å². The third-order valence-corrected chi connectivity index (χ3v) is 5.38. The van der Waals surface area contributed by atoms with Crippen LogP contribution in [-0.2, 0) is 19.1 Å². The number of nitrogens with one attached hydrogen (secondary N) is 1. The maximum absolute atomic E-state index is 13.5. The van der Waals surface area contributed by atoms with Crippen molar-refractivity contribution in [2.24, 2.45) is 5.92 Å². The summed E-state index contributed by atoms with van der Waals surface area (Å²) in [6, 6.07) is 12.9. The minimum absolute atomic E-state index is 0.131. The number of benzene rings is 1. The first kappa shape index (κ1) is 18.2. The molecule has 6 nitrogen and oxygen atoms in total. The summed E-state index contributed by atoms with van der Waals surface area (Å²) < 4.78 is 10.7. The summed E-state index contributed by atoms with van der Waals surface area (Å²) in [6.45, 7) is 1.91. The molecule has 2 aliphatic rings. The largest absolute Gasteiger partial charge is 0.469 e. The lowest BCUT2D eigenvalue weighted by molar-refractivity contribution is -0.152. The Morgan fingerprint density at radius 1 is 1.14 bits per heavy atom. The van der Waals surface area contributed by atoms with Crippen LogP contribution in [0, 0.1) is 5.92 Å². The van der Waals surface area contributed by atoms with Gasteiger partial charge in [-0.3, -0.25) is 14.4 Å². The lowest BCUT2D eigenvalue weighted by atomic mass is 9.69. The third kappa shape index (κ3) is 3.15. The molecule has 1 aromatic carbocycles. The number of hydrogen-bond donors (Lipinski definition) is 1. The normalized spacial score (nSPS) is 24.5. The van der Waals surface area contributed by atoms with Crippen molar-refractivity contribution in [1.82, 2.24) is 5.32 Å². The van der Waals surface area contributed by atoms with Crippen LogP contribution in [0.4, 0.5) is 0 Å². The number of hydrogen-bond acceptors (Lipinski definition) is 5. The Balaban J connectivity index is 1.81. The number of ether oxygens (including phenoxy) is 1. The Labute approximate surface area is 162 Å². The number of ketones is 1. The summed E-state index contributed by atoms with van der Waals surface area (Å²) in [4.78, 5) is 38.6. The Morgan fingerprint density at radius 2 is 1.93 bits per heavy atom. The van der Waals surface area contributed by atoms with Gasteiger partial charge in [0.05, 0.1) is 12.9 Å². The van der Waals surface area contributed by atoms with Gasteiger partial charge in [-0.25, -0.2) is 0 Å². The number of carbonyl (C=O) groups is 3. The molecule has 2 heterocycles. The van der Waals surface area contributed by atoms with E-state index in [0.29, 0.717) is 23.5 Å². The van der Waals surface area contributed by atoms with Gasteiger partial charge in [0.25, 0.3) is 0 Å². The second kappa shape index (κ2) is 7.46. The molecule has 2 aromatic rings. The highest BCUT2D eigenvalue weighted by atomic mass is 16.5. The molecule has 1 amide bonds. The van der Waals surface area contributed by atoms with Crippen LogP contribution in [0.5, 0.6) is 0 Å². The van der Waals surface area contributed by atoms with E-state index >= 15 is 0 Å². The molecule has 1 aliphatic heterocycles. The van der Waals surface area contributed by atoms with Gasteiger partial charge in [0, 0.05) is 29.5 Å². The second-order valence-corrected chi connectivity index (χ2v) is 7.03. The molecule has 1 aromatic heterocycles. The fraction of sp³-hybridized carbons (Fsp3) is 0.318. The minimum Gasteiger partial charge on any atom is -0.469 e. The number of rotatable bonds is 4. The number of carbonyl (C=O) groups excluding carboxylic acids is 3. The van der Waals surface area contributed by atoms with E-state index in [9.17, 15) is 14.4 Å². The standard InChI is InChI=1S/C22H21NO5/c1-2-27-22(26)20-15(17-9-6-10-28-17)11-16-19(21(20)25)14(12-18(24)23-16)13-7-4-3-5-8-13/h3-10,14-15,20H,2,11-12H2,1H3,(H,23,24)/t14-,15-,20-/m1/s1. The first-order valence-corrected chi connectivity index (χ1v) is 9.42. The molecule has 0 spiro atoms. The van der Waals surface area contributed by atoms with E-state index in [0.717, 1.165) is 5.56 Å². The number of amides is 1. The van der Waals surface area contributed by atoms with Crippen molar-refractivity contribution in [3.05, 3.63) is 71.3 Å². The van der Waals surface area contributed by atoms with E-state index in [2.05, 4.69) is 5.32 Å². The minimum atomic E-state index is -0.980. The first-order chi connectivity index (χ1) is 13.6. The smallest absolute Gasteiger partial charge is 0.317 e. The SMILES string of the molecule is CCOC(=O)[C@H]1C(=O)C2=C(C[C@@H]1c1ccco1)NC(=O)C[C@@H]2c1ccccc1. The highest BCUT2D eigenvalue weighted by Gasteiger charge is 2.48. The van der Waals surface area contributed by atoms with Gasteiger partial charge < -0.3 is 14.5 Å². The monoisotopic (exact) mass is 379 g/mol. The molecule has 1 aliphatic carbocycles. The van der Waals surface area contributed by atoms with E-state index in [1.165, 1.54) is 6.26 Å². The summed E-state index contributed by atoms with van der Waals surface area (Å²) in [7, 11) is 0. The van der Waals surface area contributed by atoms with Gasteiger partial charge in [-0.05, 0) is 31.0 Å². The van der Waals surface area contributed by atoms with E-state index in [4.69, 9.17) is 9.15 Å². The topological polar surface area (TPSA) is 85.6 Å². The van der Waals surface area contributed by atoms with Gasteiger partial charge in [0.1, 0.15) is 11.7 Å². The lowest BCUT2D eigenvalue weighted by Crippen LogP contribution is -2.44. The molecule has 0 bridgehead atoms. The van der Waals surface area contributed by atoms with Crippen molar-refractivity contribution in [3.63, 3.8) is 0 Å². The van der Waals surface area contributed by atoms with Gasteiger partial charge >= 0.3 is 5.97 Å². The third-order valence-electron chi connectivity index (χ3n) is 5.38. The van der Waals surface area contributed by atoms with E-state index in [1.54, 1.807) is 19.1 Å². The van der Waals surface area contributed by atoms with Crippen LogP contribution in [0.3, 0.4) is 0 Å². The maximum atomic E-state index is 13.5. The van der Waals surface area contributed by atoms with Crippen LogP contribution in [-0.4, -0.2) is 24.3 Å². The average Bonchev–Trinajstić information content (AvgIpc) is 3.22. The Bertz CT molecular complexity index is 929. The van der Waals surface area contributed by atoms with Crippen molar-refractivity contribution in [3.8, 4) is 0 Å². The predicted octanol–water partition coefficient (Wildman–Crippen LogP) is 3.07. The molecule has 0 radical (unpaired) electrons. The van der Waals surface area contributed by atoms with Gasteiger partial charge in [0.15, 0.2) is 5.78 Å². The fourth-order valence-corrected chi connectivity index (χ4v) is 4.19. The summed E-state index contributed by atoms with van der Waals surface area (Å²) in [5, 5.41) is 2.86. The Kier molecular flexibility index (Phi) is 4.86. The number of esters is 1. The molecule has 4 rings (SSSR count). The van der Waals surface area contributed by atoms with Gasteiger partial charge in [-0.1, -0.05) is 30.3 Å². The molecule has 6 heteroatoms. The van der Waals surface area contributed by atoms with Crippen LogP contribution in [0.1, 0.15) is 42.9 Å². The van der Waals surface area contributed by atoms with E-state index in [1.807, 2.05) is 30.3 Å². The van der Waals surface area contributed by atoms with Crippen LogP contribution in [0.2, 0.25) is 0 Å². The molecule has 0 saturated carbocycles. The van der Waals surface area contributed by atoms with Gasteiger partial charge in [-0.2, -0.15) is 0 Å². The predicted molar refractivity (Wildman–Crippen MR) is 100 cm³/mol. The summed E-state index contributed by atoms with van der Waals surface area (Å²) >= 11 is 0. The van der Waals surface area contributed by atoms with Crippen molar-refractivity contribution in [2.75, 3.05) is 6.61 Å². The lowest BCUT2D eigenvalue weighted by Gasteiger charge is -2.37. The highest BCUT2D eigenvalue weighted by Crippen LogP contribution is 2.45. The Hall–Kier alpha value is -3.15. The fourth-order valence-electron chi connectivity index (χ4n) is 4.19. The van der Waals surface area contributed by atoms with Crippen LogP contribution < -0.4 is 5.32 Å². The van der Waals surface area contributed by atoms with Gasteiger partial charge in [0.2, 0.25) is 5.91 Å². The summed E-state index contributed by atoms with van der Waals surface area (Å²) in [6.07, 6.45) is 2.03. The first-order valence-electron chi connectivity index (χ1n) is 9.42. The zero-order valence-electron chi connectivity index (χ0n) is 15.5. The highest BCUT2D eigenvalue weighted by molar-refractivity contribution is 6.12. The van der Waals surface area contributed by atoms with E-state index < -0.39 is 17.8 Å². The molecule has 0 unspecified atom stereocenters. The van der Waals surface area contributed by atoms with Crippen molar-refractivity contribution in [2.45, 2.75) is 31.6 Å². The average molecular weight is 379 g/mol. The molecule has 144 valence electrons. The quantitative estimate of drug-likeness (QED) is 0.652. The second-order valence-electron chi connectivity index (χ2n) is 7.03. The molecule has 0 fully saturated rings. The Morgan fingerprint density at radius 3 is 2.61 bits per heavy atom. The van der Waals surface area contributed by atoms with Crippen molar-refractivity contribution in [1.29, 1.82) is 0 Å². The zero-order chi connectivity index (χ0) is 19.7. The van der Waals surface area contributed by atoms with Gasteiger partial charge in [-0.15, -0.1) is 0 Å². The number of furan rings is 1. The van der Waals surface area contributed by atoms with Crippen LogP contribution >= 0.6 is 0 Å². The summed E-state index contributed by atoms with van der Waals surface area (Å²) in [5.41, 5.74) is 1.97. The summed E-state index contributed by atoms with van der Waals surface area (Å²) in [5.74, 6) is -2.30. The van der Waals surface area contributed by atoms with Crippen molar-refractivity contribution >= 4 is 17.7 Å². The molecular formula is C22H21NO5. The van der Waals surface area contributed by atoms with Crippen LogP contribution in [0.15, 0.2) is 64.4 Å². The number of Topliss-reactive ketones (excluding diaryl/α,β-unsaturated/α-hetero) is 1. The zero-order valence-corrected chi connectivity index (χ0v) is 15.5. The molecule has 1 N–H and O–H groups in total. The molecule has 0 saturated heterocycles. The molecular weight excluding hydrogens is 358 g/mol. The maximum Gasteiger partial charge on any atom is 0.317 e. The van der Waals surface area contributed by atoms with Crippen molar-refractivity contribution < 1.29 is 23.5 Å². The molecule has 28 heavy (non-hydrogen) atoms. The van der Waals surface area contributed by atoms with E-state index in [-0.39, 0.29) is 30.6 Å².